The van der Waals surface area contributed by atoms with E-state index in [1.807, 2.05) is 36.4 Å². The summed E-state index contributed by atoms with van der Waals surface area (Å²) in [7, 11) is 0. The minimum absolute atomic E-state index is 0.212. The number of imide groups is 1. The van der Waals surface area contributed by atoms with Crippen LogP contribution in [0.15, 0.2) is 48.5 Å². The van der Waals surface area contributed by atoms with Gasteiger partial charge in [0.05, 0.1) is 11.7 Å². The number of rotatable bonds is 5. The highest BCUT2D eigenvalue weighted by molar-refractivity contribution is 6.33. The first kappa shape index (κ1) is 19.0. The molecule has 1 atom stereocenters. The summed E-state index contributed by atoms with van der Waals surface area (Å²) in [5.41, 5.74) is 4.16. The van der Waals surface area contributed by atoms with Crippen molar-refractivity contribution < 1.29 is 9.59 Å². The SMILES string of the molecule is O=C(CCl)N(C(=O)[C@@H]1CCCN1)c1ccc2c(c1)N(Cc1ccccc1)CC2. The van der Waals surface area contributed by atoms with E-state index in [9.17, 15) is 9.59 Å². The van der Waals surface area contributed by atoms with Gasteiger partial charge in [0.15, 0.2) is 0 Å². The molecule has 1 N–H and O–H groups in total. The number of hydrogen-bond acceptors (Lipinski definition) is 4. The van der Waals surface area contributed by atoms with Gasteiger partial charge in [-0.2, -0.15) is 0 Å². The predicted octanol–water partition coefficient (Wildman–Crippen LogP) is 3.10. The topological polar surface area (TPSA) is 52.7 Å². The lowest BCUT2D eigenvalue weighted by atomic mass is 10.1. The highest BCUT2D eigenvalue weighted by atomic mass is 35.5. The van der Waals surface area contributed by atoms with Crippen molar-refractivity contribution in [3.63, 3.8) is 0 Å². The number of hydrogen-bond donors (Lipinski definition) is 1. The second-order valence-electron chi connectivity index (χ2n) is 7.32. The molecule has 146 valence electrons. The van der Waals surface area contributed by atoms with Gasteiger partial charge in [0.2, 0.25) is 5.91 Å². The molecule has 0 saturated carbocycles. The molecule has 28 heavy (non-hydrogen) atoms. The van der Waals surface area contributed by atoms with E-state index < -0.39 is 0 Å². The van der Waals surface area contributed by atoms with E-state index >= 15 is 0 Å². The summed E-state index contributed by atoms with van der Waals surface area (Å²) in [6, 6.07) is 15.8. The van der Waals surface area contributed by atoms with Gasteiger partial charge < -0.3 is 10.2 Å². The molecule has 2 aliphatic heterocycles. The number of carbonyl (C=O) groups is 2. The number of amides is 2. The Kier molecular flexibility index (Phi) is 5.64. The van der Waals surface area contributed by atoms with Gasteiger partial charge in [0.1, 0.15) is 5.88 Å². The highest BCUT2D eigenvalue weighted by Gasteiger charge is 2.32. The van der Waals surface area contributed by atoms with E-state index in [2.05, 4.69) is 22.3 Å². The number of fused-ring (bicyclic) bond motifs is 1. The Morgan fingerprint density at radius 1 is 1.18 bits per heavy atom. The van der Waals surface area contributed by atoms with Gasteiger partial charge >= 0.3 is 0 Å². The number of nitrogens with one attached hydrogen (secondary N) is 1. The average Bonchev–Trinajstić information content (AvgIpc) is 3.39. The summed E-state index contributed by atoms with van der Waals surface area (Å²) >= 11 is 5.83. The molecular formula is C22H24ClN3O2. The Morgan fingerprint density at radius 3 is 2.71 bits per heavy atom. The molecule has 1 saturated heterocycles. The molecule has 4 rings (SSSR count). The average molecular weight is 398 g/mol. The van der Waals surface area contributed by atoms with Crippen molar-refractivity contribution in [2.45, 2.75) is 31.8 Å². The molecule has 2 aromatic rings. The number of alkyl halides is 1. The molecule has 0 radical (unpaired) electrons. The van der Waals surface area contributed by atoms with Gasteiger partial charge in [-0.1, -0.05) is 36.4 Å². The van der Waals surface area contributed by atoms with Gasteiger partial charge in [-0.25, -0.2) is 4.90 Å². The summed E-state index contributed by atoms with van der Waals surface area (Å²) in [6.07, 6.45) is 2.65. The van der Waals surface area contributed by atoms with Crippen molar-refractivity contribution in [2.24, 2.45) is 0 Å². The molecule has 2 aromatic carbocycles. The zero-order valence-electron chi connectivity index (χ0n) is 15.7. The van der Waals surface area contributed by atoms with E-state index in [1.54, 1.807) is 0 Å². The maximum absolute atomic E-state index is 13.0. The smallest absolute Gasteiger partial charge is 0.250 e. The summed E-state index contributed by atoms with van der Waals surface area (Å²) in [5.74, 6) is -0.813. The van der Waals surface area contributed by atoms with Gasteiger partial charge in [-0.05, 0) is 49.1 Å². The van der Waals surface area contributed by atoms with Gasteiger partial charge in [-0.15, -0.1) is 11.6 Å². The second-order valence-corrected chi connectivity index (χ2v) is 7.59. The molecule has 1 fully saturated rings. The third-order valence-electron chi connectivity index (χ3n) is 5.48. The molecule has 0 spiro atoms. The number of halogens is 1. The molecule has 2 heterocycles. The molecule has 5 nitrogen and oxygen atoms in total. The highest BCUT2D eigenvalue weighted by Crippen LogP contribution is 2.34. The number of benzene rings is 2. The Hall–Kier alpha value is -2.37. The fourth-order valence-electron chi connectivity index (χ4n) is 4.05. The van der Waals surface area contributed by atoms with Crippen molar-refractivity contribution in [3.8, 4) is 0 Å². The Labute approximate surface area is 170 Å². The Bertz CT molecular complexity index is 865. The Morgan fingerprint density at radius 2 is 2.00 bits per heavy atom. The zero-order chi connectivity index (χ0) is 19.5. The summed E-state index contributed by atoms with van der Waals surface area (Å²) < 4.78 is 0. The van der Waals surface area contributed by atoms with Crippen LogP contribution in [-0.2, 0) is 22.6 Å². The fraction of sp³-hybridized carbons (Fsp3) is 0.364. The standard InChI is InChI=1S/C22H24ClN3O2/c23-14-21(27)26(22(28)19-7-4-11-24-19)18-9-8-17-10-12-25(20(17)13-18)15-16-5-2-1-3-6-16/h1-3,5-6,8-9,13,19,24H,4,7,10-12,14-15H2/t19-/m0/s1. The van der Waals surface area contributed by atoms with E-state index in [-0.39, 0.29) is 23.7 Å². The third kappa shape index (κ3) is 3.77. The van der Waals surface area contributed by atoms with Crippen LogP contribution >= 0.6 is 11.6 Å². The molecule has 6 heteroatoms. The molecular weight excluding hydrogens is 374 g/mol. The van der Waals surface area contributed by atoms with Crippen LogP contribution in [0.1, 0.15) is 24.0 Å². The third-order valence-corrected chi connectivity index (χ3v) is 5.71. The molecule has 0 aromatic heterocycles. The van der Waals surface area contributed by atoms with Crippen LogP contribution in [0.5, 0.6) is 0 Å². The maximum Gasteiger partial charge on any atom is 0.250 e. The van der Waals surface area contributed by atoms with Crippen LogP contribution in [0.2, 0.25) is 0 Å². The van der Waals surface area contributed by atoms with Crippen molar-refractivity contribution >= 4 is 34.8 Å². The van der Waals surface area contributed by atoms with Crippen molar-refractivity contribution in [3.05, 3.63) is 59.7 Å². The lowest BCUT2D eigenvalue weighted by Crippen LogP contribution is -2.47. The van der Waals surface area contributed by atoms with Gasteiger partial charge in [-0.3, -0.25) is 9.59 Å². The van der Waals surface area contributed by atoms with Crippen LogP contribution in [0.25, 0.3) is 0 Å². The summed E-state index contributed by atoms with van der Waals surface area (Å²) in [6.45, 7) is 2.53. The maximum atomic E-state index is 13.0. The number of anilines is 2. The zero-order valence-corrected chi connectivity index (χ0v) is 16.5. The normalized spacial score (nSPS) is 18.2. The van der Waals surface area contributed by atoms with E-state index in [0.29, 0.717) is 5.69 Å². The van der Waals surface area contributed by atoms with Crippen LogP contribution in [0.4, 0.5) is 11.4 Å². The minimum Gasteiger partial charge on any atom is -0.367 e. The van der Waals surface area contributed by atoms with Crippen LogP contribution in [-0.4, -0.2) is 36.8 Å². The van der Waals surface area contributed by atoms with E-state index in [1.165, 1.54) is 16.0 Å². The first-order chi connectivity index (χ1) is 13.7. The van der Waals surface area contributed by atoms with E-state index in [4.69, 9.17) is 11.6 Å². The predicted molar refractivity (Wildman–Crippen MR) is 112 cm³/mol. The quantitative estimate of drug-likeness (QED) is 0.788. The van der Waals surface area contributed by atoms with Gasteiger partial charge in [0, 0.05) is 18.8 Å². The molecule has 2 aliphatic rings. The van der Waals surface area contributed by atoms with Crippen molar-refractivity contribution in [2.75, 3.05) is 28.8 Å². The van der Waals surface area contributed by atoms with Crippen LogP contribution in [0, 0.1) is 0 Å². The number of carbonyl (C=O) groups excluding carboxylic acids is 2. The van der Waals surface area contributed by atoms with Crippen molar-refractivity contribution in [1.82, 2.24) is 5.32 Å². The molecule has 2 amide bonds. The largest absolute Gasteiger partial charge is 0.367 e. The lowest BCUT2D eigenvalue weighted by Gasteiger charge is -2.25. The Balaban J connectivity index is 1.63. The summed E-state index contributed by atoms with van der Waals surface area (Å²) in [4.78, 5) is 29.1. The lowest BCUT2D eigenvalue weighted by molar-refractivity contribution is -0.126. The van der Waals surface area contributed by atoms with Crippen LogP contribution in [0.3, 0.4) is 0 Å². The minimum atomic E-state index is -0.382. The van der Waals surface area contributed by atoms with Gasteiger partial charge in [0.25, 0.3) is 5.91 Å². The second kappa shape index (κ2) is 8.33. The molecule has 0 unspecified atom stereocenters. The summed E-state index contributed by atoms with van der Waals surface area (Å²) in [5, 5.41) is 3.18. The fourth-order valence-corrected chi connectivity index (χ4v) is 4.17. The molecule has 0 bridgehead atoms. The van der Waals surface area contributed by atoms with E-state index in [0.717, 1.165) is 44.6 Å². The molecule has 0 aliphatic carbocycles. The first-order valence-corrected chi connectivity index (χ1v) is 10.3. The number of nitrogens with zero attached hydrogens (tertiary/aromatic N) is 2. The monoisotopic (exact) mass is 397 g/mol. The van der Waals surface area contributed by atoms with Crippen LogP contribution < -0.4 is 15.1 Å². The first-order valence-electron chi connectivity index (χ1n) is 9.75. The van der Waals surface area contributed by atoms with Crippen molar-refractivity contribution in [1.29, 1.82) is 0 Å².